The number of amides is 3. The van der Waals surface area contributed by atoms with Gasteiger partial charge in [-0.3, -0.25) is 10.1 Å². The van der Waals surface area contributed by atoms with Crippen LogP contribution in [0, 0.1) is 0 Å². The molecule has 0 spiro atoms. The van der Waals surface area contributed by atoms with E-state index in [0.717, 1.165) is 12.8 Å². The standard InChI is InChI=1S/C13H24N2O3/c1-4-7-9-18-10-8-15-12(17)14-11(16)13(15,5-2)6-3/h4-10H2,1-3H3,(H,14,16,17). The number of hydrogen-bond donors (Lipinski definition) is 1. The molecule has 0 atom stereocenters. The molecule has 104 valence electrons. The van der Waals surface area contributed by atoms with Crippen LogP contribution in [-0.2, 0) is 9.53 Å². The third-order valence-corrected chi connectivity index (χ3v) is 3.68. The first-order valence-corrected chi connectivity index (χ1v) is 6.83. The minimum absolute atomic E-state index is 0.175. The summed E-state index contributed by atoms with van der Waals surface area (Å²) in [5, 5.41) is 2.40. The topological polar surface area (TPSA) is 58.6 Å². The maximum atomic E-state index is 11.9. The Kier molecular flexibility index (Phi) is 5.59. The van der Waals surface area contributed by atoms with Gasteiger partial charge < -0.3 is 9.64 Å². The molecule has 0 aromatic heterocycles. The van der Waals surface area contributed by atoms with Gasteiger partial charge in [0, 0.05) is 13.2 Å². The van der Waals surface area contributed by atoms with Crippen LogP contribution in [0.1, 0.15) is 46.5 Å². The van der Waals surface area contributed by atoms with Crippen molar-refractivity contribution in [1.29, 1.82) is 0 Å². The number of carbonyl (C=O) groups excluding carboxylic acids is 2. The molecule has 3 amide bonds. The average molecular weight is 256 g/mol. The molecule has 1 fully saturated rings. The Morgan fingerprint density at radius 1 is 1.17 bits per heavy atom. The Bertz CT molecular complexity index is 301. The maximum Gasteiger partial charge on any atom is 0.325 e. The molecule has 5 nitrogen and oxygen atoms in total. The summed E-state index contributed by atoms with van der Waals surface area (Å²) in [6.45, 7) is 7.66. The monoisotopic (exact) mass is 256 g/mol. The summed E-state index contributed by atoms with van der Waals surface area (Å²) in [5.41, 5.74) is -0.675. The zero-order valence-corrected chi connectivity index (χ0v) is 11.6. The fraction of sp³-hybridized carbons (Fsp3) is 0.846. The highest BCUT2D eigenvalue weighted by Gasteiger charge is 2.49. The maximum absolute atomic E-state index is 11.9. The van der Waals surface area contributed by atoms with Gasteiger partial charge in [0.1, 0.15) is 5.54 Å². The molecule has 18 heavy (non-hydrogen) atoms. The van der Waals surface area contributed by atoms with Crippen molar-refractivity contribution in [2.75, 3.05) is 19.8 Å². The molecule has 0 aromatic rings. The SMILES string of the molecule is CCCCOCCN1C(=O)NC(=O)C1(CC)CC. The summed E-state index contributed by atoms with van der Waals surface area (Å²) in [4.78, 5) is 25.3. The number of imide groups is 1. The number of nitrogens with zero attached hydrogens (tertiary/aromatic N) is 1. The lowest BCUT2D eigenvalue weighted by Gasteiger charge is -2.33. The van der Waals surface area contributed by atoms with Crippen molar-refractivity contribution in [3.05, 3.63) is 0 Å². The number of hydrogen-bond acceptors (Lipinski definition) is 3. The van der Waals surface area contributed by atoms with Gasteiger partial charge in [0.15, 0.2) is 0 Å². The molecular formula is C13H24N2O3. The first-order valence-electron chi connectivity index (χ1n) is 6.83. The lowest BCUT2D eigenvalue weighted by atomic mass is 9.91. The number of ether oxygens (including phenoxy) is 1. The molecule has 1 N–H and O–H groups in total. The third kappa shape index (κ3) is 2.83. The molecule has 0 radical (unpaired) electrons. The van der Waals surface area contributed by atoms with Gasteiger partial charge in [-0.05, 0) is 19.3 Å². The predicted molar refractivity (Wildman–Crippen MR) is 69.3 cm³/mol. The van der Waals surface area contributed by atoms with Crippen LogP contribution < -0.4 is 5.32 Å². The van der Waals surface area contributed by atoms with Crippen molar-refractivity contribution in [2.24, 2.45) is 0 Å². The van der Waals surface area contributed by atoms with E-state index in [9.17, 15) is 9.59 Å². The minimum Gasteiger partial charge on any atom is -0.380 e. The van der Waals surface area contributed by atoms with Gasteiger partial charge in [0.05, 0.1) is 6.61 Å². The Balaban J connectivity index is 2.55. The van der Waals surface area contributed by atoms with Crippen LogP contribution in [0.2, 0.25) is 0 Å². The van der Waals surface area contributed by atoms with Crippen LogP contribution in [0.3, 0.4) is 0 Å². The second kappa shape index (κ2) is 6.73. The third-order valence-electron chi connectivity index (χ3n) is 3.68. The number of carbonyl (C=O) groups is 2. The van der Waals surface area contributed by atoms with E-state index in [1.54, 1.807) is 4.90 Å². The molecule has 0 aromatic carbocycles. The zero-order chi connectivity index (χ0) is 13.6. The molecule has 1 rings (SSSR count). The van der Waals surface area contributed by atoms with E-state index in [0.29, 0.717) is 32.6 Å². The smallest absolute Gasteiger partial charge is 0.325 e. The number of urea groups is 1. The Labute approximate surface area is 109 Å². The van der Waals surface area contributed by atoms with Crippen molar-refractivity contribution in [3.63, 3.8) is 0 Å². The Morgan fingerprint density at radius 3 is 2.39 bits per heavy atom. The van der Waals surface area contributed by atoms with Gasteiger partial charge in [-0.15, -0.1) is 0 Å². The van der Waals surface area contributed by atoms with E-state index in [2.05, 4.69) is 12.2 Å². The van der Waals surface area contributed by atoms with E-state index >= 15 is 0 Å². The van der Waals surface area contributed by atoms with Crippen LogP contribution in [0.15, 0.2) is 0 Å². The molecule has 0 saturated carbocycles. The van der Waals surface area contributed by atoms with Gasteiger partial charge in [-0.2, -0.15) is 0 Å². The molecule has 1 heterocycles. The van der Waals surface area contributed by atoms with Crippen molar-refractivity contribution < 1.29 is 14.3 Å². The largest absolute Gasteiger partial charge is 0.380 e. The Hall–Kier alpha value is -1.10. The summed E-state index contributed by atoms with van der Waals surface area (Å²) in [6.07, 6.45) is 3.39. The van der Waals surface area contributed by atoms with Crippen molar-refractivity contribution in [2.45, 2.75) is 52.0 Å². The summed E-state index contributed by atoms with van der Waals surface area (Å²) in [5.74, 6) is -0.175. The number of rotatable bonds is 8. The normalized spacial score (nSPS) is 18.3. The van der Waals surface area contributed by atoms with E-state index in [4.69, 9.17) is 4.74 Å². The molecule has 0 aliphatic carbocycles. The second-order valence-corrected chi connectivity index (χ2v) is 4.62. The van der Waals surface area contributed by atoms with Crippen LogP contribution in [0.4, 0.5) is 4.79 Å². The van der Waals surface area contributed by atoms with Crippen molar-refractivity contribution in [3.8, 4) is 0 Å². The van der Waals surface area contributed by atoms with E-state index in [1.807, 2.05) is 13.8 Å². The van der Waals surface area contributed by atoms with Gasteiger partial charge in [0.25, 0.3) is 5.91 Å². The summed E-state index contributed by atoms with van der Waals surface area (Å²) in [7, 11) is 0. The lowest BCUT2D eigenvalue weighted by Crippen LogP contribution is -2.49. The van der Waals surface area contributed by atoms with Crippen molar-refractivity contribution in [1.82, 2.24) is 10.2 Å². The molecule has 1 saturated heterocycles. The molecular weight excluding hydrogens is 232 g/mol. The number of unbranched alkanes of at least 4 members (excludes halogenated alkanes) is 1. The molecule has 0 bridgehead atoms. The average Bonchev–Trinajstić information content (AvgIpc) is 2.60. The first kappa shape index (κ1) is 15.0. The van der Waals surface area contributed by atoms with Crippen LogP contribution in [-0.4, -0.2) is 42.1 Å². The fourth-order valence-electron chi connectivity index (χ4n) is 2.37. The predicted octanol–water partition coefficient (Wildman–Crippen LogP) is 1.91. The highest BCUT2D eigenvalue weighted by atomic mass is 16.5. The molecule has 5 heteroatoms. The quantitative estimate of drug-likeness (QED) is 0.533. The van der Waals surface area contributed by atoms with Gasteiger partial charge in [-0.25, -0.2) is 4.79 Å². The van der Waals surface area contributed by atoms with Gasteiger partial charge in [-0.1, -0.05) is 27.2 Å². The van der Waals surface area contributed by atoms with E-state index in [1.165, 1.54) is 0 Å². The summed E-state index contributed by atoms with van der Waals surface area (Å²) in [6, 6.07) is -0.289. The van der Waals surface area contributed by atoms with E-state index < -0.39 is 5.54 Å². The minimum atomic E-state index is -0.675. The van der Waals surface area contributed by atoms with Crippen LogP contribution >= 0.6 is 0 Å². The molecule has 1 aliphatic rings. The second-order valence-electron chi connectivity index (χ2n) is 4.62. The van der Waals surface area contributed by atoms with Crippen LogP contribution in [0.5, 0.6) is 0 Å². The van der Waals surface area contributed by atoms with Gasteiger partial charge >= 0.3 is 6.03 Å². The zero-order valence-electron chi connectivity index (χ0n) is 11.6. The van der Waals surface area contributed by atoms with Crippen molar-refractivity contribution >= 4 is 11.9 Å². The highest BCUT2D eigenvalue weighted by molar-refractivity contribution is 6.06. The molecule has 0 unspecified atom stereocenters. The summed E-state index contributed by atoms with van der Waals surface area (Å²) < 4.78 is 5.47. The first-order chi connectivity index (χ1) is 8.62. The lowest BCUT2D eigenvalue weighted by molar-refractivity contribution is -0.127. The van der Waals surface area contributed by atoms with Crippen LogP contribution in [0.25, 0.3) is 0 Å². The van der Waals surface area contributed by atoms with Gasteiger partial charge in [0.2, 0.25) is 0 Å². The number of nitrogens with one attached hydrogen (secondary N) is 1. The summed E-state index contributed by atoms with van der Waals surface area (Å²) >= 11 is 0. The highest BCUT2D eigenvalue weighted by Crippen LogP contribution is 2.28. The fourth-order valence-corrected chi connectivity index (χ4v) is 2.37. The van der Waals surface area contributed by atoms with E-state index in [-0.39, 0.29) is 11.9 Å². The Morgan fingerprint density at radius 2 is 1.83 bits per heavy atom. The molecule has 1 aliphatic heterocycles.